The quantitative estimate of drug-likeness (QED) is 0.815. The van der Waals surface area contributed by atoms with Gasteiger partial charge in [-0.1, -0.05) is 41.9 Å². The van der Waals surface area contributed by atoms with Crippen LogP contribution in [-0.2, 0) is 11.3 Å². The molecule has 0 bridgehead atoms. The van der Waals surface area contributed by atoms with E-state index in [9.17, 15) is 9.90 Å². The molecule has 0 radical (unpaired) electrons. The van der Waals surface area contributed by atoms with Crippen LogP contribution in [0.15, 0.2) is 48.5 Å². The van der Waals surface area contributed by atoms with Crippen LogP contribution in [0.25, 0.3) is 0 Å². The minimum atomic E-state index is -0.852. The lowest BCUT2D eigenvalue weighted by Gasteiger charge is -2.13. The number of carbonyl (C=O) groups excluding carboxylic acids is 1. The average molecular weight is 334 g/mol. The van der Waals surface area contributed by atoms with E-state index in [1.54, 1.807) is 24.3 Å². The Bertz CT molecular complexity index is 643. The summed E-state index contributed by atoms with van der Waals surface area (Å²) in [6.07, 6.45) is -0.854. The molecule has 2 aromatic rings. The molecule has 2 aromatic carbocycles. The summed E-state index contributed by atoms with van der Waals surface area (Å²) in [7, 11) is 0. The predicted octanol–water partition coefficient (Wildman–Crippen LogP) is 3.48. The predicted molar refractivity (Wildman–Crippen MR) is 90.5 cm³/mol. The molecule has 5 heteroatoms. The zero-order valence-electron chi connectivity index (χ0n) is 13.0. The number of carbonyl (C=O) groups is 1. The molecule has 4 nitrogen and oxygen atoms in total. The molecule has 23 heavy (non-hydrogen) atoms. The van der Waals surface area contributed by atoms with Gasteiger partial charge in [-0.2, -0.15) is 0 Å². The lowest BCUT2D eigenvalue weighted by atomic mass is 10.1. The maximum Gasteiger partial charge on any atom is 0.223 e. The molecule has 0 aliphatic rings. The van der Waals surface area contributed by atoms with Gasteiger partial charge in [-0.25, -0.2) is 0 Å². The molecule has 0 saturated carbocycles. The topological polar surface area (TPSA) is 58.6 Å². The lowest BCUT2D eigenvalue weighted by molar-refractivity contribution is -0.123. The van der Waals surface area contributed by atoms with Crippen LogP contribution in [0.1, 0.15) is 30.6 Å². The van der Waals surface area contributed by atoms with Crippen molar-refractivity contribution in [3.8, 4) is 5.75 Å². The number of hydrogen-bond acceptors (Lipinski definition) is 3. The number of hydrogen-bond donors (Lipinski definition) is 2. The number of nitrogens with one attached hydrogen (secondary N) is 1. The third-order valence-electron chi connectivity index (χ3n) is 3.38. The van der Waals surface area contributed by atoms with Crippen LogP contribution >= 0.6 is 11.6 Å². The monoisotopic (exact) mass is 333 g/mol. The van der Waals surface area contributed by atoms with Crippen LogP contribution in [-0.4, -0.2) is 17.6 Å². The molecule has 0 fully saturated rings. The summed E-state index contributed by atoms with van der Waals surface area (Å²) < 4.78 is 5.52. The van der Waals surface area contributed by atoms with E-state index in [1.807, 2.05) is 31.2 Å². The van der Waals surface area contributed by atoms with Gasteiger partial charge in [-0.05, 0) is 30.7 Å². The van der Waals surface area contributed by atoms with Gasteiger partial charge >= 0.3 is 0 Å². The average Bonchev–Trinajstić information content (AvgIpc) is 2.55. The van der Waals surface area contributed by atoms with Crippen LogP contribution in [0.3, 0.4) is 0 Å². The highest BCUT2D eigenvalue weighted by atomic mass is 35.5. The van der Waals surface area contributed by atoms with Gasteiger partial charge in [0.05, 0.1) is 19.1 Å². The molecule has 0 heterocycles. The van der Waals surface area contributed by atoms with Crippen LogP contribution in [0.5, 0.6) is 5.75 Å². The van der Waals surface area contributed by atoms with Gasteiger partial charge in [0.25, 0.3) is 0 Å². The number of benzene rings is 2. The molecular weight excluding hydrogens is 314 g/mol. The zero-order valence-corrected chi connectivity index (χ0v) is 13.7. The normalized spacial score (nSPS) is 11.8. The summed E-state index contributed by atoms with van der Waals surface area (Å²) in [5, 5.41) is 13.5. The van der Waals surface area contributed by atoms with Gasteiger partial charge in [-0.3, -0.25) is 4.79 Å². The van der Waals surface area contributed by atoms with Crippen molar-refractivity contribution >= 4 is 17.5 Å². The van der Waals surface area contributed by atoms with E-state index in [0.717, 1.165) is 11.3 Å². The first-order chi connectivity index (χ1) is 11.1. The number of para-hydroxylation sites is 1. The fraction of sp³-hybridized carbons (Fsp3) is 0.278. The Kier molecular flexibility index (Phi) is 6.44. The Balaban J connectivity index is 1.89. The Morgan fingerprint density at radius 2 is 1.91 bits per heavy atom. The summed E-state index contributed by atoms with van der Waals surface area (Å²) in [5.74, 6) is 0.535. The second-order valence-electron chi connectivity index (χ2n) is 5.09. The van der Waals surface area contributed by atoms with E-state index in [4.69, 9.17) is 16.3 Å². The second-order valence-corrected chi connectivity index (χ2v) is 5.53. The minimum absolute atomic E-state index is 0.00155. The van der Waals surface area contributed by atoms with Crippen molar-refractivity contribution in [1.82, 2.24) is 5.32 Å². The van der Waals surface area contributed by atoms with E-state index in [1.165, 1.54) is 0 Å². The number of aliphatic hydroxyl groups excluding tert-OH is 1. The maximum atomic E-state index is 12.0. The van der Waals surface area contributed by atoms with Crippen LogP contribution in [0, 0.1) is 0 Å². The third kappa shape index (κ3) is 5.27. The molecule has 0 aliphatic heterocycles. The molecular formula is C18H20ClNO3. The Labute approximate surface area is 141 Å². The van der Waals surface area contributed by atoms with Crippen molar-refractivity contribution in [1.29, 1.82) is 0 Å². The number of ether oxygens (including phenoxy) is 1. The molecule has 2 rings (SSSR count). The molecule has 2 N–H and O–H groups in total. The van der Waals surface area contributed by atoms with Gasteiger partial charge < -0.3 is 15.2 Å². The molecule has 122 valence electrons. The number of rotatable bonds is 7. The molecule has 1 amide bonds. The number of aliphatic hydroxyl groups is 1. The fourth-order valence-electron chi connectivity index (χ4n) is 2.19. The van der Waals surface area contributed by atoms with Crippen molar-refractivity contribution < 1.29 is 14.6 Å². The standard InChI is InChI=1S/C18H20ClNO3/c1-2-23-17-6-4-3-5-14(17)12-20-18(22)11-16(21)13-7-9-15(19)10-8-13/h3-10,16,21H,2,11-12H2,1H3,(H,20,22). The first-order valence-corrected chi connectivity index (χ1v) is 7.89. The SMILES string of the molecule is CCOc1ccccc1CNC(=O)CC(O)c1ccc(Cl)cc1. The van der Waals surface area contributed by atoms with Gasteiger partial charge in [0, 0.05) is 17.1 Å². The maximum absolute atomic E-state index is 12.0. The van der Waals surface area contributed by atoms with Crippen molar-refractivity contribution in [2.24, 2.45) is 0 Å². The Hall–Kier alpha value is -2.04. The summed E-state index contributed by atoms with van der Waals surface area (Å²) >= 11 is 5.81. The molecule has 0 aliphatic carbocycles. The fourth-order valence-corrected chi connectivity index (χ4v) is 2.32. The van der Waals surface area contributed by atoms with E-state index < -0.39 is 6.10 Å². The molecule has 1 unspecified atom stereocenters. The summed E-state index contributed by atoms with van der Waals surface area (Å²) in [6.45, 7) is 2.85. The van der Waals surface area contributed by atoms with Crippen LogP contribution in [0.2, 0.25) is 5.02 Å². The molecule has 0 spiro atoms. The first kappa shape index (κ1) is 17.3. The summed E-state index contributed by atoms with van der Waals surface area (Å²) in [6, 6.07) is 14.4. The Morgan fingerprint density at radius 3 is 2.61 bits per heavy atom. The first-order valence-electron chi connectivity index (χ1n) is 7.51. The smallest absolute Gasteiger partial charge is 0.223 e. The van der Waals surface area contributed by atoms with Crippen molar-refractivity contribution in [2.75, 3.05) is 6.61 Å². The number of amides is 1. The summed E-state index contributed by atoms with van der Waals surface area (Å²) in [5.41, 5.74) is 1.57. The van der Waals surface area contributed by atoms with E-state index in [0.29, 0.717) is 23.7 Å². The van der Waals surface area contributed by atoms with Crippen LogP contribution < -0.4 is 10.1 Å². The van der Waals surface area contributed by atoms with Gasteiger partial charge in [0.2, 0.25) is 5.91 Å². The lowest BCUT2D eigenvalue weighted by Crippen LogP contribution is -2.24. The number of halogens is 1. The molecule has 0 aromatic heterocycles. The van der Waals surface area contributed by atoms with Gasteiger partial charge in [0.1, 0.15) is 5.75 Å². The largest absolute Gasteiger partial charge is 0.494 e. The third-order valence-corrected chi connectivity index (χ3v) is 3.63. The van der Waals surface area contributed by atoms with Gasteiger partial charge in [0.15, 0.2) is 0 Å². The van der Waals surface area contributed by atoms with Crippen molar-refractivity contribution in [2.45, 2.75) is 26.0 Å². The van der Waals surface area contributed by atoms with E-state index >= 15 is 0 Å². The van der Waals surface area contributed by atoms with Gasteiger partial charge in [-0.15, -0.1) is 0 Å². The van der Waals surface area contributed by atoms with E-state index in [-0.39, 0.29) is 12.3 Å². The molecule has 0 saturated heterocycles. The highest BCUT2D eigenvalue weighted by Crippen LogP contribution is 2.20. The minimum Gasteiger partial charge on any atom is -0.494 e. The summed E-state index contributed by atoms with van der Waals surface area (Å²) in [4.78, 5) is 12.0. The Morgan fingerprint density at radius 1 is 1.22 bits per heavy atom. The van der Waals surface area contributed by atoms with Crippen molar-refractivity contribution in [3.63, 3.8) is 0 Å². The second kappa shape index (κ2) is 8.56. The van der Waals surface area contributed by atoms with E-state index in [2.05, 4.69) is 5.32 Å². The van der Waals surface area contributed by atoms with Crippen LogP contribution in [0.4, 0.5) is 0 Å². The van der Waals surface area contributed by atoms with Crippen molar-refractivity contribution in [3.05, 3.63) is 64.7 Å². The highest BCUT2D eigenvalue weighted by Gasteiger charge is 2.13. The highest BCUT2D eigenvalue weighted by molar-refractivity contribution is 6.30. The zero-order chi connectivity index (χ0) is 16.7. The molecule has 1 atom stereocenters.